The zero-order chi connectivity index (χ0) is 28.4. The molecule has 204 valence electrons. The first kappa shape index (κ1) is 29.1. The molecule has 3 rings (SSSR count). The predicted molar refractivity (Wildman–Crippen MR) is 146 cm³/mol. The highest BCUT2D eigenvalue weighted by Gasteiger charge is 2.28. The van der Waals surface area contributed by atoms with E-state index >= 15 is 0 Å². The molecule has 0 aliphatic heterocycles. The maximum absolute atomic E-state index is 13.0. The molecule has 3 aromatic rings. The summed E-state index contributed by atoms with van der Waals surface area (Å²) < 4.78 is 0. The lowest BCUT2D eigenvalue weighted by atomic mass is 9.94. The van der Waals surface area contributed by atoms with Gasteiger partial charge < -0.3 is 26.6 Å². The second-order valence-electron chi connectivity index (χ2n) is 8.94. The molecule has 0 spiro atoms. The van der Waals surface area contributed by atoms with Gasteiger partial charge in [-0.15, -0.1) is 11.3 Å². The smallest absolute Gasteiger partial charge is 0.304 e. The lowest BCUT2D eigenvalue weighted by Crippen LogP contribution is -2.50. The fraction of sp³-hybridized carbons (Fsp3) is 0.250. The molecule has 0 radical (unpaired) electrons. The third-order valence-corrected chi connectivity index (χ3v) is 6.91. The van der Waals surface area contributed by atoms with Crippen LogP contribution in [0.1, 0.15) is 24.8 Å². The van der Waals surface area contributed by atoms with Crippen LogP contribution in [-0.4, -0.2) is 52.5 Å². The van der Waals surface area contributed by atoms with Crippen LogP contribution in [0, 0.1) is 5.92 Å². The molecule has 0 bridgehead atoms. The molecule has 0 saturated carbocycles. The number of nitrogens with two attached hydrogens (primary N) is 1. The fourth-order valence-electron chi connectivity index (χ4n) is 3.95. The lowest BCUT2D eigenvalue weighted by Gasteiger charge is -2.21. The van der Waals surface area contributed by atoms with Crippen molar-refractivity contribution in [3.63, 3.8) is 0 Å². The molecule has 0 aliphatic rings. The van der Waals surface area contributed by atoms with E-state index in [0.29, 0.717) is 0 Å². The second-order valence-corrected chi connectivity index (χ2v) is 9.85. The molecule has 0 fully saturated rings. The van der Waals surface area contributed by atoms with E-state index in [1.54, 1.807) is 11.3 Å². The van der Waals surface area contributed by atoms with E-state index in [1.165, 1.54) is 0 Å². The van der Waals surface area contributed by atoms with Crippen LogP contribution in [0.4, 0.5) is 0 Å². The summed E-state index contributed by atoms with van der Waals surface area (Å²) in [6.45, 7) is -0.486. The molecule has 1 aromatic heterocycles. The zero-order valence-electron chi connectivity index (χ0n) is 21.0. The average molecular weight is 552 g/mol. The first-order valence-corrected chi connectivity index (χ1v) is 13.0. The summed E-state index contributed by atoms with van der Waals surface area (Å²) in [5.74, 6) is -5.70. The Morgan fingerprint density at radius 2 is 1.54 bits per heavy atom. The van der Waals surface area contributed by atoms with E-state index in [2.05, 4.69) is 22.1 Å². The quantitative estimate of drug-likeness (QED) is 0.205. The van der Waals surface area contributed by atoms with Gasteiger partial charge in [-0.2, -0.15) is 0 Å². The maximum Gasteiger partial charge on any atom is 0.304 e. The topological polar surface area (TPSA) is 176 Å². The molecule has 11 heteroatoms. The van der Waals surface area contributed by atoms with Gasteiger partial charge in [-0.1, -0.05) is 54.6 Å². The first-order valence-electron chi connectivity index (χ1n) is 12.2. The number of amides is 3. The highest BCUT2D eigenvalue weighted by atomic mass is 32.1. The Morgan fingerprint density at radius 1 is 0.846 bits per heavy atom. The van der Waals surface area contributed by atoms with Gasteiger partial charge in [0.15, 0.2) is 0 Å². The van der Waals surface area contributed by atoms with Crippen molar-refractivity contribution in [1.82, 2.24) is 10.6 Å². The number of carboxylic acid groups (broad SMARTS) is 2. The fourth-order valence-corrected chi connectivity index (χ4v) is 4.88. The molecule has 3 amide bonds. The van der Waals surface area contributed by atoms with Crippen LogP contribution in [0.15, 0.2) is 66.0 Å². The number of carbonyl (C=O) groups excluding carboxylic acids is 3. The summed E-state index contributed by atoms with van der Waals surface area (Å²) in [6, 6.07) is 18.3. The van der Waals surface area contributed by atoms with Gasteiger partial charge in [0.2, 0.25) is 17.7 Å². The Kier molecular flexibility index (Phi) is 10.3. The zero-order valence-corrected chi connectivity index (χ0v) is 21.8. The maximum atomic E-state index is 13.0. The first-order chi connectivity index (χ1) is 18.6. The Morgan fingerprint density at radius 3 is 2.15 bits per heavy atom. The largest absolute Gasteiger partial charge is 0.481 e. The van der Waals surface area contributed by atoms with Crippen LogP contribution in [0.25, 0.3) is 21.6 Å². The normalized spacial score (nSPS) is 12.2. The summed E-state index contributed by atoms with van der Waals surface area (Å²) in [5, 5.41) is 25.1. The van der Waals surface area contributed by atoms with E-state index in [1.807, 2.05) is 54.6 Å². The minimum absolute atomic E-state index is 0.0900. The van der Waals surface area contributed by atoms with Gasteiger partial charge in [-0.3, -0.25) is 24.0 Å². The number of hydrogen-bond donors (Lipinski definition) is 5. The number of nitrogens with one attached hydrogen (secondary N) is 2. The van der Waals surface area contributed by atoms with Crippen molar-refractivity contribution >= 4 is 41.0 Å². The van der Waals surface area contributed by atoms with Gasteiger partial charge in [0.25, 0.3) is 0 Å². The van der Waals surface area contributed by atoms with Gasteiger partial charge in [-0.05, 0) is 46.5 Å². The number of hydrogen-bond acceptors (Lipinski definition) is 6. The molecular formula is C28H29N3O7S. The van der Waals surface area contributed by atoms with Crippen LogP contribution < -0.4 is 16.4 Å². The third-order valence-electron chi connectivity index (χ3n) is 5.94. The molecule has 0 saturated heterocycles. The molecular weight excluding hydrogens is 522 g/mol. The second kappa shape index (κ2) is 13.9. The number of carboxylic acids is 2. The SMILES string of the molecule is NC(=O)CNC(=O)[C@H](CCC(=O)O)NC(=O)C(CC(=O)O)Cc1ccc(-c2cc(-c3ccccc3)cs2)cc1. The van der Waals surface area contributed by atoms with Gasteiger partial charge in [0.05, 0.1) is 18.9 Å². The Hall–Kier alpha value is -4.51. The third kappa shape index (κ3) is 9.08. The monoisotopic (exact) mass is 551 g/mol. The van der Waals surface area contributed by atoms with Gasteiger partial charge >= 0.3 is 11.9 Å². The lowest BCUT2D eigenvalue weighted by molar-refractivity contribution is -0.141. The molecule has 6 N–H and O–H groups in total. The number of rotatable bonds is 14. The van der Waals surface area contributed by atoms with Gasteiger partial charge in [-0.25, -0.2) is 0 Å². The Bertz CT molecular complexity index is 1320. The summed E-state index contributed by atoms with van der Waals surface area (Å²) in [6.07, 6.45) is -1.07. The average Bonchev–Trinajstić information content (AvgIpc) is 3.40. The van der Waals surface area contributed by atoms with Crippen molar-refractivity contribution in [2.45, 2.75) is 31.7 Å². The Labute approximate surface area is 228 Å². The van der Waals surface area contributed by atoms with Crippen molar-refractivity contribution in [2.75, 3.05) is 6.54 Å². The van der Waals surface area contributed by atoms with Crippen LogP contribution in [-0.2, 0) is 30.4 Å². The molecule has 1 heterocycles. The van der Waals surface area contributed by atoms with Crippen molar-refractivity contribution in [2.24, 2.45) is 11.7 Å². The number of benzene rings is 2. The van der Waals surface area contributed by atoms with Crippen LogP contribution in [0.5, 0.6) is 0 Å². The minimum atomic E-state index is -1.27. The van der Waals surface area contributed by atoms with Gasteiger partial charge in [0.1, 0.15) is 6.04 Å². The standard InChI is InChI=1S/C28H29N3O7S/c29-24(32)15-30-28(38)22(10-11-25(33)34)31-27(37)20(14-26(35)36)12-17-6-8-19(9-7-17)23-13-21(16-39-23)18-4-2-1-3-5-18/h1-9,13,16,20,22H,10-12,14-15H2,(H2,29,32)(H,30,38)(H,31,37)(H,33,34)(H,35,36)/t20?,22-/m0/s1. The van der Waals surface area contributed by atoms with E-state index in [-0.39, 0.29) is 12.8 Å². The molecule has 10 nitrogen and oxygen atoms in total. The van der Waals surface area contributed by atoms with E-state index < -0.39 is 61.0 Å². The predicted octanol–water partition coefficient (Wildman–Crippen LogP) is 2.67. The molecule has 1 unspecified atom stereocenters. The van der Waals surface area contributed by atoms with Crippen LogP contribution >= 0.6 is 11.3 Å². The number of primary amides is 1. The number of thiophene rings is 1. The molecule has 2 aromatic carbocycles. The van der Waals surface area contributed by atoms with Crippen molar-refractivity contribution in [3.05, 3.63) is 71.6 Å². The van der Waals surface area contributed by atoms with Crippen molar-refractivity contribution < 1.29 is 34.2 Å². The summed E-state index contributed by atoms with van der Waals surface area (Å²) >= 11 is 1.60. The van der Waals surface area contributed by atoms with Crippen molar-refractivity contribution in [1.29, 1.82) is 0 Å². The number of carbonyl (C=O) groups is 5. The van der Waals surface area contributed by atoms with E-state index in [4.69, 9.17) is 10.8 Å². The highest BCUT2D eigenvalue weighted by molar-refractivity contribution is 7.14. The van der Waals surface area contributed by atoms with E-state index in [9.17, 15) is 29.1 Å². The molecule has 0 aliphatic carbocycles. The molecule has 2 atom stereocenters. The Balaban J connectivity index is 1.71. The number of aliphatic carboxylic acids is 2. The molecule has 39 heavy (non-hydrogen) atoms. The summed E-state index contributed by atoms with van der Waals surface area (Å²) in [4.78, 5) is 60.0. The minimum Gasteiger partial charge on any atom is -0.481 e. The van der Waals surface area contributed by atoms with Crippen LogP contribution in [0.3, 0.4) is 0 Å². The highest BCUT2D eigenvalue weighted by Crippen LogP contribution is 2.33. The van der Waals surface area contributed by atoms with Gasteiger partial charge in [0, 0.05) is 11.3 Å². The van der Waals surface area contributed by atoms with Crippen molar-refractivity contribution in [3.8, 4) is 21.6 Å². The van der Waals surface area contributed by atoms with E-state index in [0.717, 1.165) is 27.1 Å². The summed E-state index contributed by atoms with van der Waals surface area (Å²) in [5.41, 5.74) is 8.95. The van der Waals surface area contributed by atoms with Crippen LogP contribution in [0.2, 0.25) is 0 Å². The summed E-state index contributed by atoms with van der Waals surface area (Å²) in [7, 11) is 0.